The fourth-order valence-corrected chi connectivity index (χ4v) is 6.47. The fraction of sp³-hybridized carbons (Fsp3) is 0.739. The van der Waals surface area contributed by atoms with Gasteiger partial charge in [0.25, 0.3) is 5.91 Å². The molecule has 35 heavy (non-hydrogen) atoms. The number of esters is 1. The van der Waals surface area contributed by atoms with E-state index in [2.05, 4.69) is 16.0 Å². The lowest BCUT2D eigenvalue weighted by atomic mass is 9.92. The lowest BCUT2D eigenvalue weighted by molar-refractivity contribution is -0.151. The molecule has 1 saturated heterocycles. The summed E-state index contributed by atoms with van der Waals surface area (Å²) in [5, 5.41) is 18.3. The molecule has 6 atom stereocenters. The van der Waals surface area contributed by atoms with Crippen LogP contribution >= 0.6 is 33.3 Å². The van der Waals surface area contributed by atoms with Gasteiger partial charge in [-0.3, -0.25) is 19.2 Å². The van der Waals surface area contributed by atoms with Crippen molar-refractivity contribution in [2.75, 3.05) is 17.8 Å². The number of ether oxygens (including phenoxy) is 1. The molecule has 2 aliphatic rings. The Morgan fingerprint density at radius 2 is 1.94 bits per heavy atom. The highest BCUT2D eigenvalue weighted by Gasteiger charge is 2.34. The van der Waals surface area contributed by atoms with Crippen LogP contribution in [0.25, 0.3) is 0 Å². The Balaban J connectivity index is 2.46. The van der Waals surface area contributed by atoms with E-state index in [4.69, 9.17) is 4.74 Å². The Bertz CT molecular complexity index is 769. The standard InChI is InChI=1S/C23H37N3O6S3/c1-4-14(2)20-17(27)13-19(29)32-15-8-6-5-7-10-34-35-23(22(31)25-20)26-21(30)16(9-11-33-3)24-18(28)12-15/h6,8,14-17,20,23,27H,4-5,7,9-13H2,1-3H3,(H,24,28)(H,25,31)(H,26,30)/b8-6-/t14-,15+,16+,17-,20+,23+/m0/s1. The molecule has 2 heterocycles. The van der Waals surface area contributed by atoms with Gasteiger partial charge in [0, 0.05) is 5.75 Å². The van der Waals surface area contributed by atoms with Crippen LogP contribution in [0.1, 0.15) is 52.4 Å². The molecule has 2 rings (SSSR count). The number of amides is 3. The number of hydrogen-bond donors (Lipinski definition) is 4. The van der Waals surface area contributed by atoms with Crippen LogP contribution in [0.15, 0.2) is 12.2 Å². The third kappa shape index (κ3) is 10.3. The first kappa shape index (κ1) is 29.9. The molecule has 0 saturated carbocycles. The van der Waals surface area contributed by atoms with Gasteiger partial charge in [-0.15, -0.1) is 0 Å². The molecule has 0 spiro atoms. The molecule has 1 fully saturated rings. The predicted molar refractivity (Wildman–Crippen MR) is 142 cm³/mol. The van der Waals surface area contributed by atoms with Crippen molar-refractivity contribution < 1.29 is 29.0 Å². The Labute approximate surface area is 219 Å². The molecule has 0 aliphatic carbocycles. The van der Waals surface area contributed by atoms with Gasteiger partial charge in [0.2, 0.25) is 11.8 Å². The van der Waals surface area contributed by atoms with Crippen molar-refractivity contribution in [1.29, 1.82) is 0 Å². The lowest BCUT2D eigenvalue weighted by Gasteiger charge is -2.30. The van der Waals surface area contributed by atoms with E-state index in [1.54, 1.807) is 17.8 Å². The second-order valence-corrected chi connectivity index (χ2v) is 12.3. The topological polar surface area (TPSA) is 134 Å². The van der Waals surface area contributed by atoms with Crippen LogP contribution < -0.4 is 16.0 Å². The van der Waals surface area contributed by atoms with Gasteiger partial charge in [0.1, 0.15) is 12.1 Å². The van der Waals surface area contributed by atoms with E-state index in [9.17, 15) is 24.3 Å². The lowest BCUT2D eigenvalue weighted by Crippen LogP contribution is -2.56. The van der Waals surface area contributed by atoms with Crippen molar-refractivity contribution in [3.8, 4) is 0 Å². The number of hydrogen-bond acceptors (Lipinski definition) is 9. The molecule has 0 radical (unpaired) electrons. The zero-order valence-corrected chi connectivity index (χ0v) is 22.9. The molecule has 4 N–H and O–H groups in total. The van der Waals surface area contributed by atoms with Crippen LogP contribution in [-0.2, 0) is 23.9 Å². The van der Waals surface area contributed by atoms with Gasteiger partial charge < -0.3 is 25.8 Å². The largest absolute Gasteiger partial charge is 0.457 e. The van der Waals surface area contributed by atoms with Crippen LogP contribution in [0.5, 0.6) is 0 Å². The number of fused-ring (bicyclic) bond motifs is 7. The Kier molecular flexibility index (Phi) is 13.4. The Hall–Kier alpha value is -1.37. The van der Waals surface area contributed by atoms with Gasteiger partial charge in [-0.25, -0.2) is 0 Å². The molecule has 0 aromatic carbocycles. The monoisotopic (exact) mass is 547 g/mol. The number of thioether (sulfide) groups is 1. The summed E-state index contributed by atoms with van der Waals surface area (Å²) in [4.78, 5) is 51.9. The highest BCUT2D eigenvalue weighted by atomic mass is 33.1. The van der Waals surface area contributed by atoms with Gasteiger partial charge in [-0.1, -0.05) is 47.9 Å². The molecule has 2 bridgehead atoms. The van der Waals surface area contributed by atoms with Crippen molar-refractivity contribution in [3.05, 3.63) is 12.2 Å². The maximum Gasteiger partial charge on any atom is 0.309 e. The highest BCUT2D eigenvalue weighted by molar-refractivity contribution is 8.77. The van der Waals surface area contributed by atoms with Crippen LogP contribution in [0, 0.1) is 5.92 Å². The average molecular weight is 548 g/mol. The number of rotatable bonds is 5. The summed E-state index contributed by atoms with van der Waals surface area (Å²) in [7, 11) is 2.73. The summed E-state index contributed by atoms with van der Waals surface area (Å²) in [6, 6.07) is -1.54. The van der Waals surface area contributed by atoms with Gasteiger partial charge in [-0.05, 0) is 43.3 Å². The first-order chi connectivity index (χ1) is 16.7. The molecule has 0 aromatic rings. The molecule has 2 aliphatic heterocycles. The molecular weight excluding hydrogens is 510 g/mol. The van der Waals surface area contributed by atoms with Crippen molar-refractivity contribution in [3.63, 3.8) is 0 Å². The van der Waals surface area contributed by atoms with Crippen molar-refractivity contribution in [1.82, 2.24) is 16.0 Å². The van der Waals surface area contributed by atoms with E-state index in [1.165, 1.54) is 21.6 Å². The number of aliphatic hydroxyl groups is 1. The van der Waals surface area contributed by atoms with E-state index in [0.717, 1.165) is 12.2 Å². The van der Waals surface area contributed by atoms with Crippen molar-refractivity contribution in [2.45, 2.75) is 82.0 Å². The van der Waals surface area contributed by atoms with E-state index < -0.39 is 53.4 Å². The summed E-state index contributed by atoms with van der Waals surface area (Å²) >= 11 is 1.55. The number of carbonyl (C=O) groups excluding carboxylic acids is 4. The molecule has 3 amide bonds. The van der Waals surface area contributed by atoms with Gasteiger partial charge in [0.15, 0.2) is 5.37 Å². The molecule has 9 nitrogen and oxygen atoms in total. The quantitative estimate of drug-likeness (QED) is 0.232. The normalized spacial score (nSPS) is 31.5. The van der Waals surface area contributed by atoms with Crippen LogP contribution in [-0.4, -0.2) is 76.2 Å². The second kappa shape index (κ2) is 15.7. The summed E-state index contributed by atoms with van der Waals surface area (Å²) in [6.45, 7) is 3.82. The van der Waals surface area contributed by atoms with E-state index >= 15 is 0 Å². The maximum atomic E-state index is 13.3. The molecular formula is C23H37N3O6S3. The Morgan fingerprint density at radius 1 is 1.17 bits per heavy atom. The zero-order valence-electron chi connectivity index (χ0n) is 20.5. The smallest absolute Gasteiger partial charge is 0.309 e. The molecule has 12 heteroatoms. The van der Waals surface area contributed by atoms with Crippen LogP contribution in [0.2, 0.25) is 0 Å². The fourth-order valence-electron chi connectivity index (χ4n) is 3.70. The maximum absolute atomic E-state index is 13.3. The summed E-state index contributed by atoms with van der Waals surface area (Å²) in [5.41, 5.74) is 0. The van der Waals surface area contributed by atoms with Crippen LogP contribution in [0.4, 0.5) is 0 Å². The first-order valence-electron chi connectivity index (χ1n) is 12.0. The van der Waals surface area contributed by atoms with Gasteiger partial charge in [-0.2, -0.15) is 11.8 Å². The zero-order chi connectivity index (χ0) is 25.8. The second-order valence-electron chi connectivity index (χ2n) is 8.70. The SMILES string of the molecule is CC[C@H](C)[C@H]1NC(=O)[C@@H]2NC(=O)[C@@H](CCSC)NC(=O)C[C@@H](/C=C\CCCSS2)OC(=O)C[C@@H]1O. The number of allylic oxidation sites excluding steroid dienone is 1. The third-order valence-electron chi connectivity index (χ3n) is 5.91. The van der Waals surface area contributed by atoms with Gasteiger partial charge >= 0.3 is 5.97 Å². The minimum atomic E-state index is -1.18. The van der Waals surface area contributed by atoms with E-state index in [1.807, 2.05) is 26.2 Å². The van der Waals surface area contributed by atoms with Gasteiger partial charge in [0.05, 0.1) is 25.0 Å². The van der Waals surface area contributed by atoms with Crippen molar-refractivity contribution >= 4 is 57.0 Å². The molecule has 198 valence electrons. The van der Waals surface area contributed by atoms with Crippen LogP contribution in [0.3, 0.4) is 0 Å². The average Bonchev–Trinajstić information content (AvgIpc) is 2.81. The number of aliphatic hydroxyl groups excluding tert-OH is 1. The minimum absolute atomic E-state index is 0.126. The number of nitrogens with one attached hydrogen (secondary N) is 3. The van der Waals surface area contributed by atoms with E-state index in [0.29, 0.717) is 25.0 Å². The van der Waals surface area contributed by atoms with E-state index in [-0.39, 0.29) is 18.8 Å². The molecule has 0 unspecified atom stereocenters. The van der Waals surface area contributed by atoms with Crippen molar-refractivity contribution in [2.24, 2.45) is 5.92 Å². The first-order valence-corrected chi connectivity index (χ1v) is 15.7. The summed E-state index contributed by atoms with van der Waals surface area (Å²) in [6.07, 6.45) is 5.59. The summed E-state index contributed by atoms with van der Waals surface area (Å²) in [5.74, 6) is -0.739. The summed E-state index contributed by atoms with van der Waals surface area (Å²) < 4.78 is 5.54. The Morgan fingerprint density at radius 3 is 2.66 bits per heavy atom. The minimum Gasteiger partial charge on any atom is -0.457 e. The number of carbonyl (C=O) groups is 4. The molecule has 0 aromatic heterocycles. The third-order valence-corrected chi connectivity index (χ3v) is 9.16. The highest BCUT2D eigenvalue weighted by Crippen LogP contribution is 2.28. The predicted octanol–water partition coefficient (Wildman–Crippen LogP) is 2.00.